The van der Waals surface area contributed by atoms with Gasteiger partial charge in [0.15, 0.2) is 6.04 Å². The minimum Gasteiger partial charge on any atom is -0.322 e. The highest BCUT2D eigenvalue weighted by atomic mass is 16.1. The number of benzene rings is 1. The largest absolute Gasteiger partial charge is 0.322 e. The predicted molar refractivity (Wildman–Crippen MR) is 118 cm³/mol. The lowest BCUT2D eigenvalue weighted by molar-refractivity contribution is -0.934. The number of aryl methyl sites for hydroxylation is 1. The molecular formula is C23H33N6O+. The van der Waals surface area contributed by atoms with E-state index >= 15 is 0 Å². The maximum atomic E-state index is 13.3. The Morgan fingerprint density at radius 2 is 2.17 bits per heavy atom. The molecule has 0 amide bonds. The maximum Gasteiger partial charge on any atom is 0.258 e. The van der Waals surface area contributed by atoms with Gasteiger partial charge in [0, 0.05) is 5.92 Å². The lowest BCUT2D eigenvalue weighted by Crippen LogP contribution is -3.14. The second kappa shape index (κ2) is 7.95. The third-order valence-corrected chi connectivity index (χ3v) is 6.83. The molecule has 0 saturated carbocycles. The van der Waals surface area contributed by atoms with Crippen LogP contribution in [-0.4, -0.2) is 38.3 Å². The van der Waals surface area contributed by atoms with Crippen molar-refractivity contribution in [3.8, 4) is 0 Å². The van der Waals surface area contributed by atoms with Gasteiger partial charge in [-0.3, -0.25) is 4.79 Å². The first-order valence-corrected chi connectivity index (χ1v) is 11.1. The number of fused-ring (bicyclic) bond motifs is 1. The van der Waals surface area contributed by atoms with Crippen molar-refractivity contribution in [2.24, 2.45) is 5.92 Å². The van der Waals surface area contributed by atoms with Crippen molar-refractivity contribution in [2.75, 3.05) is 13.1 Å². The smallest absolute Gasteiger partial charge is 0.258 e. The van der Waals surface area contributed by atoms with Gasteiger partial charge in [-0.2, -0.15) is 0 Å². The van der Waals surface area contributed by atoms with E-state index in [0.717, 1.165) is 53.8 Å². The molecular weight excluding hydrogens is 376 g/mol. The monoisotopic (exact) mass is 409 g/mol. The molecule has 3 heterocycles. The minimum absolute atomic E-state index is 0.0450. The van der Waals surface area contributed by atoms with Gasteiger partial charge < -0.3 is 9.88 Å². The Hall–Kier alpha value is -2.54. The second-order valence-corrected chi connectivity index (χ2v) is 9.50. The number of aromatic amines is 1. The molecule has 1 fully saturated rings. The zero-order valence-corrected chi connectivity index (χ0v) is 18.7. The van der Waals surface area contributed by atoms with Crippen LogP contribution in [0.5, 0.6) is 0 Å². The number of rotatable bonds is 5. The van der Waals surface area contributed by atoms with Crippen LogP contribution >= 0.6 is 0 Å². The number of aromatic nitrogens is 5. The van der Waals surface area contributed by atoms with E-state index in [1.165, 1.54) is 11.3 Å². The summed E-state index contributed by atoms with van der Waals surface area (Å²) < 4.78 is 1.93. The van der Waals surface area contributed by atoms with Gasteiger partial charge in [0.25, 0.3) is 5.56 Å². The molecule has 1 aliphatic heterocycles. The van der Waals surface area contributed by atoms with Crippen molar-refractivity contribution in [3.63, 3.8) is 0 Å². The molecule has 7 heteroatoms. The van der Waals surface area contributed by atoms with Gasteiger partial charge >= 0.3 is 0 Å². The molecule has 0 radical (unpaired) electrons. The van der Waals surface area contributed by atoms with E-state index in [-0.39, 0.29) is 17.1 Å². The summed E-state index contributed by atoms with van der Waals surface area (Å²) in [5, 5.41) is 13.9. The van der Waals surface area contributed by atoms with Crippen LogP contribution in [-0.2, 0) is 5.54 Å². The van der Waals surface area contributed by atoms with Crippen molar-refractivity contribution in [3.05, 3.63) is 51.6 Å². The van der Waals surface area contributed by atoms with Gasteiger partial charge in [0.1, 0.15) is 0 Å². The molecule has 2 N–H and O–H groups in total. The van der Waals surface area contributed by atoms with Gasteiger partial charge in [0.05, 0.1) is 29.7 Å². The zero-order chi connectivity index (χ0) is 21.5. The van der Waals surface area contributed by atoms with Crippen LogP contribution in [0.25, 0.3) is 10.9 Å². The van der Waals surface area contributed by atoms with E-state index in [4.69, 9.17) is 0 Å². The third kappa shape index (κ3) is 3.67. The van der Waals surface area contributed by atoms with Gasteiger partial charge in [-0.25, -0.2) is 4.68 Å². The molecule has 1 aliphatic rings. The molecule has 1 unspecified atom stereocenters. The van der Waals surface area contributed by atoms with Crippen molar-refractivity contribution in [1.82, 2.24) is 25.2 Å². The first-order chi connectivity index (χ1) is 14.3. The lowest BCUT2D eigenvalue weighted by atomic mass is 9.94. The van der Waals surface area contributed by atoms with Gasteiger partial charge in [0.2, 0.25) is 5.82 Å². The van der Waals surface area contributed by atoms with Crippen molar-refractivity contribution >= 4 is 10.9 Å². The SMILES string of the molecule is CCC(C)(C)n1nnnc1[C@@H](c1cc2cccc(C)c2[nH]c1=O)[NH+]1CCC[C@H](C)C1. The number of piperidine rings is 1. The van der Waals surface area contributed by atoms with E-state index in [1.54, 1.807) is 0 Å². The first-order valence-electron chi connectivity index (χ1n) is 11.1. The average Bonchev–Trinajstić information content (AvgIpc) is 3.20. The van der Waals surface area contributed by atoms with Crippen LogP contribution in [0.15, 0.2) is 29.1 Å². The summed E-state index contributed by atoms with van der Waals surface area (Å²) in [6.07, 6.45) is 3.28. The molecule has 0 spiro atoms. The number of pyridine rings is 1. The minimum atomic E-state index is -0.224. The summed E-state index contributed by atoms with van der Waals surface area (Å²) in [4.78, 5) is 17.8. The van der Waals surface area contributed by atoms with Crippen LogP contribution in [0, 0.1) is 12.8 Å². The zero-order valence-electron chi connectivity index (χ0n) is 18.7. The molecule has 160 valence electrons. The van der Waals surface area contributed by atoms with Crippen molar-refractivity contribution in [1.29, 1.82) is 0 Å². The summed E-state index contributed by atoms with van der Waals surface area (Å²) in [5.74, 6) is 1.39. The molecule has 7 nitrogen and oxygen atoms in total. The highest BCUT2D eigenvalue weighted by Crippen LogP contribution is 2.26. The number of likely N-dealkylation sites (tertiary alicyclic amines) is 1. The van der Waals surface area contributed by atoms with Crippen LogP contribution < -0.4 is 10.5 Å². The Kier molecular flexibility index (Phi) is 5.49. The van der Waals surface area contributed by atoms with Crippen LogP contribution in [0.3, 0.4) is 0 Å². The summed E-state index contributed by atoms with van der Waals surface area (Å²) >= 11 is 0. The number of nitrogens with one attached hydrogen (secondary N) is 2. The summed E-state index contributed by atoms with van der Waals surface area (Å²) in [6, 6.07) is 7.98. The number of H-pyrrole nitrogens is 1. The normalized spacial score (nSPS) is 21.1. The molecule has 0 bridgehead atoms. The van der Waals surface area contributed by atoms with E-state index in [0.29, 0.717) is 5.92 Å². The van der Waals surface area contributed by atoms with Crippen molar-refractivity contribution < 1.29 is 4.90 Å². The van der Waals surface area contributed by atoms with E-state index in [2.05, 4.69) is 60.3 Å². The number of quaternary nitrogens is 1. The third-order valence-electron chi connectivity index (χ3n) is 6.83. The lowest BCUT2D eigenvalue weighted by Gasteiger charge is -2.35. The number of para-hydroxylation sites is 1. The summed E-state index contributed by atoms with van der Waals surface area (Å²) in [7, 11) is 0. The number of hydrogen-bond donors (Lipinski definition) is 2. The molecule has 1 aromatic carbocycles. The molecule has 0 aliphatic carbocycles. The van der Waals surface area contributed by atoms with E-state index in [9.17, 15) is 4.79 Å². The maximum absolute atomic E-state index is 13.3. The molecule has 2 aromatic heterocycles. The topological polar surface area (TPSA) is 80.9 Å². The fraction of sp³-hybridized carbons (Fsp3) is 0.565. The highest BCUT2D eigenvalue weighted by Gasteiger charge is 2.38. The Balaban J connectivity index is 1.92. The fourth-order valence-electron chi connectivity index (χ4n) is 4.70. The van der Waals surface area contributed by atoms with E-state index in [1.807, 2.05) is 23.7 Å². The number of nitrogens with zero attached hydrogens (tertiary/aromatic N) is 4. The summed E-state index contributed by atoms with van der Waals surface area (Å²) in [5.41, 5.74) is 2.46. The molecule has 1 saturated heterocycles. The molecule has 4 rings (SSSR count). The summed E-state index contributed by atoms with van der Waals surface area (Å²) in [6.45, 7) is 12.8. The molecule has 3 aromatic rings. The number of hydrogen-bond acceptors (Lipinski definition) is 4. The van der Waals surface area contributed by atoms with Crippen LogP contribution in [0.2, 0.25) is 0 Å². The Morgan fingerprint density at radius 3 is 2.90 bits per heavy atom. The van der Waals surface area contributed by atoms with Crippen LogP contribution in [0.1, 0.15) is 70.0 Å². The second-order valence-electron chi connectivity index (χ2n) is 9.50. The average molecular weight is 410 g/mol. The van der Waals surface area contributed by atoms with Gasteiger partial charge in [-0.1, -0.05) is 32.0 Å². The standard InChI is InChI=1S/C23H32N6O/c1-6-23(4,5)29-21(25-26-27-29)20(28-12-8-9-15(2)14-28)18-13-17-11-7-10-16(3)19(17)24-22(18)30/h7,10-11,13,15,20H,6,8-9,12,14H2,1-5H3,(H,24,30)/p+1/t15-,20+/m0/s1. The Bertz CT molecular complexity index is 1100. The fourth-order valence-corrected chi connectivity index (χ4v) is 4.70. The number of tetrazole rings is 1. The predicted octanol–water partition coefficient (Wildman–Crippen LogP) is 2.37. The van der Waals surface area contributed by atoms with E-state index < -0.39 is 0 Å². The van der Waals surface area contributed by atoms with Gasteiger partial charge in [-0.05, 0) is 67.5 Å². The molecule has 30 heavy (non-hydrogen) atoms. The Labute approximate surface area is 177 Å². The quantitative estimate of drug-likeness (QED) is 0.678. The van der Waals surface area contributed by atoms with Gasteiger partial charge in [-0.15, -0.1) is 5.10 Å². The van der Waals surface area contributed by atoms with Crippen molar-refractivity contribution in [2.45, 2.75) is 65.5 Å². The Morgan fingerprint density at radius 1 is 1.37 bits per heavy atom. The first kappa shape index (κ1) is 20.7. The highest BCUT2D eigenvalue weighted by molar-refractivity contribution is 5.82. The van der Waals surface area contributed by atoms with Crippen LogP contribution in [0.4, 0.5) is 0 Å². The molecule has 3 atom stereocenters.